The maximum atomic E-state index is 13.1. The fourth-order valence-corrected chi connectivity index (χ4v) is 2.48. The lowest BCUT2D eigenvalue weighted by molar-refractivity contribution is 0.366. The zero-order chi connectivity index (χ0) is 11.8. The van der Waals surface area contributed by atoms with Crippen molar-refractivity contribution < 1.29 is 4.39 Å². The lowest BCUT2D eigenvalue weighted by Crippen LogP contribution is -2.32. The van der Waals surface area contributed by atoms with Gasteiger partial charge in [0.1, 0.15) is 5.82 Å². The summed E-state index contributed by atoms with van der Waals surface area (Å²) in [6, 6.07) is 5.04. The van der Waals surface area contributed by atoms with Crippen LogP contribution in [-0.2, 0) is 0 Å². The highest BCUT2D eigenvalue weighted by Crippen LogP contribution is 2.54. The number of rotatable bonds is 4. The average molecular weight is 243 g/mol. The second kappa shape index (κ2) is 4.32. The van der Waals surface area contributed by atoms with Crippen molar-refractivity contribution in [2.45, 2.75) is 18.9 Å². The molecule has 0 saturated heterocycles. The van der Waals surface area contributed by atoms with E-state index in [4.69, 9.17) is 17.3 Å². The minimum absolute atomic E-state index is 0.135. The lowest BCUT2D eigenvalue weighted by Gasteiger charge is -2.26. The zero-order valence-corrected chi connectivity index (χ0v) is 10.0. The monoisotopic (exact) mass is 242 g/mol. The molecule has 1 saturated carbocycles. The Bertz CT molecular complexity index is 391. The van der Waals surface area contributed by atoms with Gasteiger partial charge >= 0.3 is 0 Å². The molecular formula is C12H16ClFN2. The van der Waals surface area contributed by atoms with E-state index in [0.29, 0.717) is 6.54 Å². The van der Waals surface area contributed by atoms with Crippen molar-refractivity contribution in [2.24, 2.45) is 11.1 Å². The van der Waals surface area contributed by atoms with E-state index >= 15 is 0 Å². The van der Waals surface area contributed by atoms with Crippen LogP contribution in [0.4, 0.5) is 4.39 Å². The summed E-state index contributed by atoms with van der Waals surface area (Å²) < 4.78 is 13.1. The highest BCUT2D eigenvalue weighted by atomic mass is 35.5. The Morgan fingerprint density at radius 2 is 2.25 bits per heavy atom. The smallest absolute Gasteiger partial charge is 0.141 e. The molecule has 2 nitrogen and oxygen atoms in total. The summed E-state index contributed by atoms with van der Waals surface area (Å²) in [4.78, 5) is 0. The summed E-state index contributed by atoms with van der Waals surface area (Å²) in [5.74, 6) is -0.377. The van der Waals surface area contributed by atoms with E-state index in [2.05, 4.69) is 5.32 Å². The third-order valence-electron chi connectivity index (χ3n) is 3.48. The van der Waals surface area contributed by atoms with E-state index in [9.17, 15) is 4.39 Å². The predicted molar refractivity (Wildman–Crippen MR) is 63.9 cm³/mol. The number of hydrogen-bond acceptors (Lipinski definition) is 2. The van der Waals surface area contributed by atoms with Crippen LogP contribution in [0.3, 0.4) is 0 Å². The molecule has 3 N–H and O–H groups in total. The summed E-state index contributed by atoms with van der Waals surface area (Å²) in [6.45, 7) is 0.646. The SMILES string of the molecule is CNC(c1ccc(F)c(Cl)c1)C1(CN)CC1. The molecule has 0 spiro atoms. The Kier molecular flexibility index (Phi) is 3.19. The molecule has 1 aromatic rings. The molecule has 1 aliphatic rings. The first-order valence-electron chi connectivity index (χ1n) is 5.45. The van der Waals surface area contributed by atoms with Crippen LogP contribution in [0.25, 0.3) is 0 Å². The van der Waals surface area contributed by atoms with Gasteiger partial charge in [-0.25, -0.2) is 4.39 Å². The van der Waals surface area contributed by atoms with Crippen molar-refractivity contribution >= 4 is 11.6 Å². The summed E-state index contributed by atoms with van der Waals surface area (Å²) in [6.07, 6.45) is 2.23. The summed E-state index contributed by atoms with van der Waals surface area (Å²) in [7, 11) is 1.90. The van der Waals surface area contributed by atoms with Gasteiger partial charge in [-0.1, -0.05) is 17.7 Å². The Labute approximate surface area is 100.0 Å². The standard InChI is InChI=1S/C12H16ClFN2/c1-16-11(12(7-15)4-5-12)8-2-3-10(14)9(13)6-8/h2-3,6,11,16H,4-5,7,15H2,1H3. The van der Waals surface area contributed by atoms with Crippen molar-refractivity contribution in [1.82, 2.24) is 5.32 Å². The number of benzene rings is 1. The molecule has 4 heteroatoms. The van der Waals surface area contributed by atoms with Crippen LogP contribution in [0.2, 0.25) is 5.02 Å². The van der Waals surface area contributed by atoms with Crippen LogP contribution < -0.4 is 11.1 Å². The highest BCUT2D eigenvalue weighted by molar-refractivity contribution is 6.30. The van der Waals surface area contributed by atoms with Gasteiger partial charge in [0.2, 0.25) is 0 Å². The van der Waals surface area contributed by atoms with E-state index in [1.807, 2.05) is 7.05 Å². The van der Waals surface area contributed by atoms with Gasteiger partial charge in [-0.2, -0.15) is 0 Å². The first-order valence-corrected chi connectivity index (χ1v) is 5.83. The highest BCUT2D eigenvalue weighted by Gasteiger charge is 2.48. The number of hydrogen-bond donors (Lipinski definition) is 2. The minimum Gasteiger partial charge on any atom is -0.330 e. The van der Waals surface area contributed by atoms with E-state index in [0.717, 1.165) is 18.4 Å². The maximum absolute atomic E-state index is 13.1. The van der Waals surface area contributed by atoms with Crippen molar-refractivity contribution in [3.63, 3.8) is 0 Å². The molecule has 0 aliphatic heterocycles. The molecule has 0 aromatic heterocycles. The Hall–Kier alpha value is -0.640. The molecule has 1 unspecified atom stereocenters. The van der Waals surface area contributed by atoms with Crippen LogP contribution in [-0.4, -0.2) is 13.6 Å². The summed E-state index contributed by atoms with van der Waals surface area (Å²) in [5, 5.41) is 3.43. The van der Waals surface area contributed by atoms with Crippen molar-refractivity contribution in [3.05, 3.63) is 34.6 Å². The molecule has 1 atom stereocenters. The van der Waals surface area contributed by atoms with Gasteiger partial charge < -0.3 is 11.1 Å². The minimum atomic E-state index is -0.377. The quantitative estimate of drug-likeness (QED) is 0.851. The molecule has 0 amide bonds. The van der Waals surface area contributed by atoms with E-state index in [-0.39, 0.29) is 22.3 Å². The fraction of sp³-hybridized carbons (Fsp3) is 0.500. The van der Waals surface area contributed by atoms with Crippen LogP contribution in [0.5, 0.6) is 0 Å². The Morgan fingerprint density at radius 3 is 2.69 bits per heavy atom. The van der Waals surface area contributed by atoms with E-state index in [1.54, 1.807) is 12.1 Å². The van der Waals surface area contributed by atoms with E-state index in [1.165, 1.54) is 6.07 Å². The predicted octanol–water partition coefficient (Wildman–Crippen LogP) is 2.48. The molecule has 0 radical (unpaired) electrons. The van der Waals surface area contributed by atoms with Crippen molar-refractivity contribution in [1.29, 1.82) is 0 Å². The first-order chi connectivity index (χ1) is 7.63. The van der Waals surface area contributed by atoms with Crippen LogP contribution in [0.15, 0.2) is 18.2 Å². The molecule has 0 bridgehead atoms. The van der Waals surface area contributed by atoms with Crippen molar-refractivity contribution in [2.75, 3.05) is 13.6 Å². The van der Waals surface area contributed by atoms with Gasteiger partial charge in [-0.3, -0.25) is 0 Å². The largest absolute Gasteiger partial charge is 0.330 e. The number of nitrogens with two attached hydrogens (primary N) is 1. The van der Waals surface area contributed by atoms with Crippen LogP contribution in [0, 0.1) is 11.2 Å². The summed E-state index contributed by atoms with van der Waals surface area (Å²) in [5.41, 5.74) is 6.95. The van der Waals surface area contributed by atoms with Crippen molar-refractivity contribution in [3.8, 4) is 0 Å². The third kappa shape index (κ3) is 1.95. The fourth-order valence-electron chi connectivity index (χ4n) is 2.29. The normalized spacial score (nSPS) is 19.5. The topological polar surface area (TPSA) is 38.0 Å². The van der Waals surface area contributed by atoms with Crippen LogP contribution in [0.1, 0.15) is 24.4 Å². The second-order valence-electron chi connectivity index (χ2n) is 4.46. The Balaban J connectivity index is 2.30. The third-order valence-corrected chi connectivity index (χ3v) is 3.77. The molecule has 1 aliphatic carbocycles. The lowest BCUT2D eigenvalue weighted by atomic mass is 9.90. The molecule has 1 fully saturated rings. The van der Waals surface area contributed by atoms with E-state index < -0.39 is 0 Å². The summed E-state index contributed by atoms with van der Waals surface area (Å²) >= 11 is 5.79. The Morgan fingerprint density at radius 1 is 1.56 bits per heavy atom. The van der Waals surface area contributed by atoms with Gasteiger partial charge in [0.15, 0.2) is 0 Å². The van der Waals surface area contributed by atoms with Gasteiger partial charge in [0.25, 0.3) is 0 Å². The van der Waals surface area contributed by atoms with Gasteiger partial charge in [0, 0.05) is 11.5 Å². The van der Waals surface area contributed by atoms with Gasteiger partial charge in [-0.15, -0.1) is 0 Å². The van der Waals surface area contributed by atoms with Crippen LogP contribution >= 0.6 is 11.6 Å². The van der Waals surface area contributed by atoms with Gasteiger partial charge in [-0.05, 0) is 44.1 Å². The molecule has 16 heavy (non-hydrogen) atoms. The molecule has 0 heterocycles. The zero-order valence-electron chi connectivity index (χ0n) is 9.26. The maximum Gasteiger partial charge on any atom is 0.141 e. The van der Waals surface area contributed by atoms with Gasteiger partial charge in [0.05, 0.1) is 5.02 Å². The molecule has 2 rings (SSSR count). The number of halogens is 2. The molecule has 1 aromatic carbocycles. The molecular weight excluding hydrogens is 227 g/mol. The molecule has 88 valence electrons. The number of nitrogens with one attached hydrogen (secondary N) is 1. The average Bonchev–Trinajstić information content (AvgIpc) is 3.05. The first kappa shape index (κ1) is 11.8. The second-order valence-corrected chi connectivity index (χ2v) is 4.87.